The maximum absolute atomic E-state index is 13.0. The Morgan fingerprint density at radius 2 is 1.84 bits per heavy atom. The van der Waals surface area contributed by atoms with E-state index in [2.05, 4.69) is 20.5 Å². The molecule has 0 saturated heterocycles. The molecule has 0 aliphatic rings. The minimum absolute atomic E-state index is 0.00970. The van der Waals surface area contributed by atoms with Gasteiger partial charge in [-0.25, -0.2) is 4.79 Å². The highest BCUT2D eigenvalue weighted by Crippen LogP contribution is 2.24. The molecule has 2 heterocycles. The quantitative estimate of drug-likeness (QED) is 0.267. The number of carbonyl (C=O) groups is 2. The number of halogens is 1. The molecular formula is C28H27ClN4O4. The Hall–Kier alpha value is -4.01. The van der Waals surface area contributed by atoms with Crippen molar-refractivity contribution in [2.75, 3.05) is 6.61 Å². The SMILES string of the molecule is CCOC(=O)[C@H](O)C[C@@H](Cc1ccc(-c2cccc(Cl)c2)cc1)NC(=O)c1cc(-c2cccnc2)n[nH]1. The molecule has 2 atom stereocenters. The van der Waals surface area contributed by atoms with Crippen molar-refractivity contribution in [2.24, 2.45) is 0 Å². The summed E-state index contributed by atoms with van der Waals surface area (Å²) in [6.07, 6.45) is 2.32. The number of esters is 1. The third-order valence-corrected chi connectivity index (χ3v) is 6.01. The second kappa shape index (κ2) is 12.3. The summed E-state index contributed by atoms with van der Waals surface area (Å²) in [5, 5.41) is 20.9. The highest BCUT2D eigenvalue weighted by molar-refractivity contribution is 6.30. The molecule has 0 bridgehead atoms. The van der Waals surface area contributed by atoms with E-state index in [0.29, 0.717) is 17.1 Å². The van der Waals surface area contributed by atoms with Crippen molar-refractivity contribution in [2.45, 2.75) is 31.9 Å². The van der Waals surface area contributed by atoms with Crippen LogP contribution in [0.15, 0.2) is 79.1 Å². The van der Waals surface area contributed by atoms with Crippen molar-refractivity contribution in [3.05, 3.63) is 95.4 Å². The molecule has 0 aliphatic carbocycles. The molecule has 2 aromatic carbocycles. The number of ether oxygens (including phenoxy) is 1. The van der Waals surface area contributed by atoms with Crippen LogP contribution in [0.3, 0.4) is 0 Å². The number of H-pyrrole nitrogens is 1. The van der Waals surface area contributed by atoms with Gasteiger partial charge in [0.15, 0.2) is 6.10 Å². The zero-order valence-corrected chi connectivity index (χ0v) is 21.0. The third-order valence-electron chi connectivity index (χ3n) is 5.78. The first kappa shape index (κ1) is 26.1. The smallest absolute Gasteiger partial charge is 0.335 e. The fourth-order valence-corrected chi connectivity index (χ4v) is 4.14. The number of aromatic nitrogens is 3. The van der Waals surface area contributed by atoms with E-state index in [4.69, 9.17) is 16.3 Å². The van der Waals surface area contributed by atoms with Gasteiger partial charge in [0.1, 0.15) is 5.69 Å². The van der Waals surface area contributed by atoms with Gasteiger partial charge in [0, 0.05) is 35.4 Å². The molecule has 1 amide bonds. The van der Waals surface area contributed by atoms with Gasteiger partial charge in [0.2, 0.25) is 0 Å². The Labute approximate surface area is 219 Å². The minimum atomic E-state index is -1.37. The van der Waals surface area contributed by atoms with E-state index in [-0.39, 0.29) is 18.7 Å². The van der Waals surface area contributed by atoms with Gasteiger partial charge in [-0.15, -0.1) is 0 Å². The average Bonchev–Trinajstić information content (AvgIpc) is 3.40. The van der Waals surface area contributed by atoms with Gasteiger partial charge in [-0.05, 0) is 60.4 Å². The molecule has 8 nitrogen and oxygen atoms in total. The molecule has 190 valence electrons. The monoisotopic (exact) mass is 518 g/mol. The highest BCUT2D eigenvalue weighted by Gasteiger charge is 2.24. The van der Waals surface area contributed by atoms with Crippen LogP contribution in [0.25, 0.3) is 22.4 Å². The number of benzene rings is 2. The number of rotatable bonds is 10. The van der Waals surface area contributed by atoms with Crippen LogP contribution >= 0.6 is 11.6 Å². The van der Waals surface area contributed by atoms with Crippen LogP contribution in [0.5, 0.6) is 0 Å². The van der Waals surface area contributed by atoms with E-state index >= 15 is 0 Å². The van der Waals surface area contributed by atoms with Crippen LogP contribution in [0, 0.1) is 0 Å². The number of carbonyl (C=O) groups excluding carboxylic acids is 2. The fourth-order valence-electron chi connectivity index (χ4n) is 3.95. The lowest BCUT2D eigenvalue weighted by Gasteiger charge is -2.21. The zero-order valence-electron chi connectivity index (χ0n) is 20.2. The number of amides is 1. The molecule has 4 aromatic rings. The van der Waals surface area contributed by atoms with E-state index in [1.165, 1.54) is 0 Å². The Morgan fingerprint density at radius 3 is 2.54 bits per heavy atom. The van der Waals surface area contributed by atoms with Crippen LogP contribution < -0.4 is 5.32 Å². The van der Waals surface area contributed by atoms with Crippen LogP contribution in [0.1, 0.15) is 29.4 Å². The minimum Gasteiger partial charge on any atom is -0.464 e. The molecule has 3 N–H and O–H groups in total. The van der Waals surface area contributed by atoms with Gasteiger partial charge < -0.3 is 15.2 Å². The number of aromatic amines is 1. The number of pyridine rings is 1. The maximum atomic E-state index is 13.0. The van der Waals surface area contributed by atoms with Gasteiger partial charge >= 0.3 is 5.97 Å². The number of nitrogens with one attached hydrogen (secondary N) is 2. The molecule has 37 heavy (non-hydrogen) atoms. The Morgan fingerprint density at radius 1 is 1.05 bits per heavy atom. The second-order valence-electron chi connectivity index (χ2n) is 8.49. The lowest BCUT2D eigenvalue weighted by Crippen LogP contribution is -2.41. The van der Waals surface area contributed by atoms with Gasteiger partial charge in [0.25, 0.3) is 5.91 Å². The van der Waals surface area contributed by atoms with Crippen LogP contribution in [0.2, 0.25) is 5.02 Å². The Kier molecular flexibility index (Phi) is 8.66. The van der Waals surface area contributed by atoms with Gasteiger partial charge in [-0.3, -0.25) is 14.9 Å². The molecule has 9 heteroatoms. The van der Waals surface area contributed by atoms with Gasteiger partial charge in [-0.2, -0.15) is 5.10 Å². The van der Waals surface area contributed by atoms with Gasteiger partial charge in [0.05, 0.1) is 12.3 Å². The molecular weight excluding hydrogens is 492 g/mol. The lowest BCUT2D eigenvalue weighted by atomic mass is 9.97. The second-order valence-corrected chi connectivity index (χ2v) is 8.93. The van der Waals surface area contributed by atoms with Crippen LogP contribution in [0.4, 0.5) is 0 Å². The topological polar surface area (TPSA) is 117 Å². The van der Waals surface area contributed by atoms with Crippen molar-refractivity contribution >= 4 is 23.5 Å². The Bertz CT molecular complexity index is 1340. The van der Waals surface area contributed by atoms with Crippen molar-refractivity contribution in [3.63, 3.8) is 0 Å². The molecule has 2 aromatic heterocycles. The van der Waals surface area contributed by atoms with Gasteiger partial charge in [-0.1, -0.05) is 48.0 Å². The standard InChI is InChI=1S/C28H27ClN4O4/c1-2-37-28(36)26(34)15-23(13-18-8-10-19(11-9-18)20-5-3-7-22(29)14-20)31-27(35)25-16-24(32-33-25)21-6-4-12-30-17-21/h3-12,14,16-17,23,26,34H,2,13,15H2,1H3,(H,31,35)(H,32,33)/t23-,26-/m1/s1. The lowest BCUT2D eigenvalue weighted by molar-refractivity contribution is -0.153. The molecule has 0 fully saturated rings. The van der Waals surface area contributed by atoms with E-state index in [9.17, 15) is 14.7 Å². The van der Waals surface area contributed by atoms with E-state index < -0.39 is 24.0 Å². The van der Waals surface area contributed by atoms with E-state index in [1.807, 2.05) is 54.6 Å². The summed E-state index contributed by atoms with van der Waals surface area (Å²) in [6.45, 7) is 1.83. The number of aliphatic hydroxyl groups excluding tert-OH is 1. The first-order valence-electron chi connectivity index (χ1n) is 11.9. The number of hydrogen-bond acceptors (Lipinski definition) is 6. The summed E-state index contributed by atoms with van der Waals surface area (Å²) < 4.78 is 4.94. The molecule has 0 spiro atoms. The Balaban J connectivity index is 1.49. The number of aliphatic hydroxyl groups is 1. The normalized spacial score (nSPS) is 12.5. The largest absolute Gasteiger partial charge is 0.464 e. The predicted molar refractivity (Wildman–Crippen MR) is 141 cm³/mol. The van der Waals surface area contributed by atoms with E-state index in [1.54, 1.807) is 31.5 Å². The zero-order chi connectivity index (χ0) is 26.2. The molecule has 0 radical (unpaired) electrons. The molecule has 0 aliphatic heterocycles. The summed E-state index contributed by atoms with van der Waals surface area (Å²) in [6, 6.07) is 20.1. The molecule has 4 rings (SSSR count). The van der Waals surface area contributed by atoms with Crippen LogP contribution in [-0.4, -0.2) is 50.9 Å². The summed E-state index contributed by atoms with van der Waals surface area (Å²) in [5.74, 6) is -1.13. The molecule has 0 saturated carbocycles. The van der Waals surface area contributed by atoms with Crippen molar-refractivity contribution in [3.8, 4) is 22.4 Å². The summed E-state index contributed by atoms with van der Waals surface area (Å²) >= 11 is 6.11. The summed E-state index contributed by atoms with van der Waals surface area (Å²) in [4.78, 5) is 29.2. The van der Waals surface area contributed by atoms with E-state index in [0.717, 1.165) is 22.3 Å². The number of nitrogens with zero attached hydrogens (tertiary/aromatic N) is 2. The third kappa shape index (κ3) is 7.03. The maximum Gasteiger partial charge on any atom is 0.335 e. The summed E-state index contributed by atoms with van der Waals surface area (Å²) in [5.41, 5.74) is 4.52. The summed E-state index contributed by atoms with van der Waals surface area (Å²) in [7, 11) is 0. The average molecular weight is 519 g/mol. The predicted octanol–water partition coefficient (Wildman–Crippen LogP) is 4.45. The van der Waals surface area contributed by atoms with Crippen molar-refractivity contribution in [1.29, 1.82) is 0 Å². The van der Waals surface area contributed by atoms with Crippen molar-refractivity contribution in [1.82, 2.24) is 20.5 Å². The fraction of sp³-hybridized carbons (Fsp3) is 0.214. The van der Waals surface area contributed by atoms with Crippen molar-refractivity contribution < 1.29 is 19.4 Å². The van der Waals surface area contributed by atoms with Crippen LogP contribution in [-0.2, 0) is 16.0 Å². The molecule has 0 unspecified atom stereocenters. The first-order chi connectivity index (χ1) is 17.9. The highest BCUT2D eigenvalue weighted by atomic mass is 35.5. The number of hydrogen-bond donors (Lipinski definition) is 3. The first-order valence-corrected chi connectivity index (χ1v) is 12.3.